The van der Waals surface area contributed by atoms with Gasteiger partial charge in [0.15, 0.2) is 0 Å². The molecule has 1 amide bonds. The van der Waals surface area contributed by atoms with Gasteiger partial charge in [0.25, 0.3) is 15.9 Å². The van der Waals surface area contributed by atoms with E-state index >= 15 is 0 Å². The molecule has 0 atom stereocenters. The monoisotopic (exact) mass is 456 g/mol. The molecular weight excluding hydrogens is 436 g/mol. The number of amides is 1. The van der Waals surface area contributed by atoms with Crippen LogP contribution in [-0.4, -0.2) is 41.2 Å². The Hall–Kier alpha value is -2.10. The third kappa shape index (κ3) is 5.95. The second kappa shape index (κ2) is 9.72. The number of carbonyl (C=O) groups is 1. The Morgan fingerprint density at radius 1 is 1.19 bits per heavy atom. The van der Waals surface area contributed by atoms with Crippen molar-refractivity contribution in [3.05, 3.63) is 52.5 Å². The lowest BCUT2D eigenvalue weighted by molar-refractivity contribution is 0.0937. The van der Waals surface area contributed by atoms with Gasteiger partial charge in [0, 0.05) is 19.2 Å². The number of nitrogens with one attached hydrogen (secondary N) is 2. The van der Waals surface area contributed by atoms with Crippen molar-refractivity contribution in [1.29, 1.82) is 0 Å². The number of anilines is 1. The van der Waals surface area contributed by atoms with Gasteiger partial charge in [-0.3, -0.25) is 9.52 Å². The van der Waals surface area contributed by atoms with Crippen LogP contribution in [0.5, 0.6) is 5.75 Å². The fraction of sp³-hybridized carbons (Fsp3) is 0.278. The van der Waals surface area contributed by atoms with Gasteiger partial charge in [-0.1, -0.05) is 6.07 Å². The molecule has 27 heavy (non-hydrogen) atoms. The maximum atomic E-state index is 12.6. The quantitative estimate of drug-likeness (QED) is 0.565. The van der Waals surface area contributed by atoms with Crippen molar-refractivity contribution in [2.75, 3.05) is 31.6 Å². The third-order valence-electron chi connectivity index (χ3n) is 3.48. The molecule has 0 unspecified atom stereocenters. The number of hydrogen-bond donors (Lipinski definition) is 2. The summed E-state index contributed by atoms with van der Waals surface area (Å²) in [5.41, 5.74) is 0.627. The van der Waals surface area contributed by atoms with Crippen molar-refractivity contribution in [2.45, 2.75) is 11.8 Å². The molecule has 0 aliphatic carbocycles. The number of rotatable bonds is 9. The van der Waals surface area contributed by atoms with Crippen molar-refractivity contribution < 1.29 is 22.7 Å². The zero-order valence-electron chi connectivity index (χ0n) is 15.0. The number of benzene rings is 2. The fourth-order valence-corrected chi connectivity index (χ4v) is 3.81. The molecule has 2 rings (SSSR count). The van der Waals surface area contributed by atoms with Crippen molar-refractivity contribution in [2.24, 2.45) is 0 Å². The number of halogens is 1. The largest absolute Gasteiger partial charge is 0.493 e. The number of sulfonamides is 1. The summed E-state index contributed by atoms with van der Waals surface area (Å²) in [6.07, 6.45) is 0. The molecule has 0 aliphatic heterocycles. The zero-order valence-corrected chi connectivity index (χ0v) is 17.4. The molecule has 0 fully saturated rings. The summed E-state index contributed by atoms with van der Waals surface area (Å²) in [6, 6.07) is 10.7. The molecule has 2 aromatic rings. The minimum Gasteiger partial charge on any atom is -0.493 e. The second-order valence-electron chi connectivity index (χ2n) is 5.46. The van der Waals surface area contributed by atoms with Crippen LogP contribution in [0.4, 0.5) is 5.69 Å². The molecule has 7 nitrogen and oxygen atoms in total. The van der Waals surface area contributed by atoms with Gasteiger partial charge in [0.05, 0.1) is 28.3 Å². The topological polar surface area (TPSA) is 93.7 Å². The van der Waals surface area contributed by atoms with E-state index in [4.69, 9.17) is 9.47 Å². The van der Waals surface area contributed by atoms with Gasteiger partial charge >= 0.3 is 0 Å². The Morgan fingerprint density at radius 3 is 2.63 bits per heavy atom. The summed E-state index contributed by atoms with van der Waals surface area (Å²) in [5.74, 6) is 0.253. The second-order valence-corrected chi connectivity index (χ2v) is 8.00. The Morgan fingerprint density at radius 2 is 1.96 bits per heavy atom. The summed E-state index contributed by atoms with van der Waals surface area (Å²) in [7, 11) is -2.32. The molecule has 146 valence electrons. The molecular formula is C18H21BrN2O5S. The maximum Gasteiger partial charge on any atom is 0.261 e. The van der Waals surface area contributed by atoms with E-state index < -0.39 is 10.0 Å². The molecule has 0 bridgehead atoms. The van der Waals surface area contributed by atoms with Crippen molar-refractivity contribution >= 4 is 37.5 Å². The van der Waals surface area contributed by atoms with E-state index in [0.29, 0.717) is 35.7 Å². The first-order valence-corrected chi connectivity index (χ1v) is 10.5. The highest BCUT2D eigenvalue weighted by molar-refractivity contribution is 9.10. The molecule has 2 N–H and O–H groups in total. The van der Waals surface area contributed by atoms with Crippen LogP contribution in [0.3, 0.4) is 0 Å². The molecule has 0 heterocycles. The fourth-order valence-electron chi connectivity index (χ4n) is 2.22. The lowest BCUT2D eigenvalue weighted by Crippen LogP contribution is -2.27. The Balaban J connectivity index is 2.18. The van der Waals surface area contributed by atoms with Crippen molar-refractivity contribution in [3.63, 3.8) is 0 Å². The van der Waals surface area contributed by atoms with Crippen LogP contribution in [0.15, 0.2) is 51.8 Å². The molecule has 0 aliphatic rings. The molecule has 0 saturated heterocycles. The highest BCUT2D eigenvalue weighted by atomic mass is 79.9. The van der Waals surface area contributed by atoms with Gasteiger partial charge in [-0.2, -0.15) is 0 Å². The zero-order chi connectivity index (χ0) is 19.9. The van der Waals surface area contributed by atoms with E-state index in [1.54, 1.807) is 24.3 Å². The van der Waals surface area contributed by atoms with E-state index in [2.05, 4.69) is 26.0 Å². The highest BCUT2D eigenvalue weighted by Gasteiger charge is 2.17. The first-order valence-electron chi connectivity index (χ1n) is 8.19. The summed E-state index contributed by atoms with van der Waals surface area (Å²) < 4.78 is 38.7. The summed E-state index contributed by atoms with van der Waals surface area (Å²) in [4.78, 5) is 12.1. The van der Waals surface area contributed by atoms with Gasteiger partial charge in [0.2, 0.25) is 0 Å². The Bertz CT molecular complexity index is 902. The Kier molecular flexibility index (Phi) is 7.64. The van der Waals surface area contributed by atoms with Gasteiger partial charge in [-0.25, -0.2) is 8.42 Å². The number of methoxy groups -OCH3 is 1. The van der Waals surface area contributed by atoms with Crippen LogP contribution in [0.25, 0.3) is 0 Å². The standard InChI is InChI=1S/C18H21BrN2O5S/c1-3-26-17-8-7-14(12-16(17)19)21-27(23,24)15-6-4-5-13(11-15)18(22)20-9-10-25-2/h4-8,11-12,21H,3,9-10H2,1-2H3,(H,20,22). The number of ether oxygens (including phenoxy) is 2. The van der Waals surface area contributed by atoms with Crippen molar-refractivity contribution in [1.82, 2.24) is 5.32 Å². The SMILES string of the molecule is CCOc1ccc(NS(=O)(=O)c2cccc(C(=O)NCCOC)c2)cc1Br. The van der Waals surface area contributed by atoms with Gasteiger partial charge in [-0.05, 0) is 59.3 Å². The van der Waals surface area contributed by atoms with Crippen LogP contribution < -0.4 is 14.8 Å². The summed E-state index contributed by atoms with van der Waals surface area (Å²) >= 11 is 3.35. The van der Waals surface area contributed by atoms with Crippen LogP contribution >= 0.6 is 15.9 Å². The van der Waals surface area contributed by atoms with E-state index in [9.17, 15) is 13.2 Å². The predicted molar refractivity (Wildman–Crippen MR) is 107 cm³/mol. The van der Waals surface area contributed by atoms with E-state index in [1.807, 2.05) is 6.92 Å². The summed E-state index contributed by atoms with van der Waals surface area (Å²) in [6.45, 7) is 3.08. The smallest absolute Gasteiger partial charge is 0.261 e. The van der Waals surface area contributed by atoms with Crippen LogP contribution in [0.2, 0.25) is 0 Å². The molecule has 0 saturated carbocycles. The van der Waals surface area contributed by atoms with E-state index in [1.165, 1.54) is 25.3 Å². The summed E-state index contributed by atoms with van der Waals surface area (Å²) in [5, 5.41) is 2.65. The first-order chi connectivity index (χ1) is 12.9. The minimum absolute atomic E-state index is 0.00750. The number of carbonyl (C=O) groups excluding carboxylic acids is 1. The molecule has 2 aromatic carbocycles. The lowest BCUT2D eigenvalue weighted by atomic mass is 10.2. The minimum atomic E-state index is -3.85. The normalized spacial score (nSPS) is 11.1. The van der Waals surface area contributed by atoms with Gasteiger partial charge in [0.1, 0.15) is 5.75 Å². The first kappa shape index (κ1) is 21.2. The van der Waals surface area contributed by atoms with E-state index in [-0.39, 0.29) is 16.4 Å². The molecule has 0 radical (unpaired) electrons. The van der Waals surface area contributed by atoms with Crippen LogP contribution in [0, 0.1) is 0 Å². The molecule has 0 spiro atoms. The average molecular weight is 457 g/mol. The Labute approximate surface area is 167 Å². The third-order valence-corrected chi connectivity index (χ3v) is 5.48. The van der Waals surface area contributed by atoms with Crippen LogP contribution in [-0.2, 0) is 14.8 Å². The maximum absolute atomic E-state index is 12.6. The van der Waals surface area contributed by atoms with Crippen molar-refractivity contribution in [3.8, 4) is 5.75 Å². The average Bonchev–Trinajstić information content (AvgIpc) is 2.64. The van der Waals surface area contributed by atoms with Gasteiger partial charge in [-0.15, -0.1) is 0 Å². The molecule has 0 aromatic heterocycles. The molecule has 9 heteroatoms. The highest BCUT2D eigenvalue weighted by Crippen LogP contribution is 2.29. The number of hydrogen-bond acceptors (Lipinski definition) is 5. The predicted octanol–water partition coefficient (Wildman–Crippen LogP) is 3.02. The van der Waals surface area contributed by atoms with Crippen LogP contribution in [0.1, 0.15) is 17.3 Å². The van der Waals surface area contributed by atoms with E-state index in [0.717, 1.165) is 0 Å². The lowest BCUT2D eigenvalue weighted by Gasteiger charge is -2.12. The van der Waals surface area contributed by atoms with Gasteiger partial charge < -0.3 is 14.8 Å².